The monoisotopic (exact) mass is 340 g/mol. The number of rotatable bonds is 6. The Morgan fingerprint density at radius 2 is 1.96 bits per heavy atom. The summed E-state index contributed by atoms with van der Waals surface area (Å²) < 4.78 is 5.50. The molecule has 2 aromatic carbocycles. The number of anilines is 1. The van der Waals surface area contributed by atoms with E-state index in [-0.39, 0.29) is 5.57 Å². The van der Waals surface area contributed by atoms with E-state index in [0.717, 1.165) is 17.7 Å². The number of carbonyl (C=O) groups excluding carboxylic acids is 1. The van der Waals surface area contributed by atoms with Gasteiger partial charge in [-0.1, -0.05) is 42.8 Å². The Balaban J connectivity index is 2.12. The predicted octanol–water partition coefficient (Wildman–Crippen LogP) is 4.67. The third-order valence-electron chi connectivity index (χ3n) is 3.15. The topological polar surface area (TPSA) is 62.1 Å². The highest BCUT2D eigenvalue weighted by atomic mass is 35.5. The summed E-state index contributed by atoms with van der Waals surface area (Å²) in [5.41, 5.74) is 1.20. The van der Waals surface area contributed by atoms with Gasteiger partial charge in [0.15, 0.2) is 0 Å². The molecule has 1 N–H and O–H groups in total. The molecule has 2 aromatic rings. The number of para-hydroxylation sites is 1. The first kappa shape index (κ1) is 17.6. The third-order valence-corrected chi connectivity index (χ3v) is 3.48. The van der Waals surface area contributed by atoms with E-state index >= 15 is 0 Å². The van der Waals surface area contributed by atoms with Crippen LogP contribution in [0, 0.1) is 11.3 Å². The third kappa shape index (κ3) is 4.87. The number of hydrogen-bond acceptors (Lipinski definition) is 3. The van der Waals surface area contributed by atoms with Gasteiger partial charge in [-0.15, -0.1) is 0 Å². The number of carbonyl (C=O) groups is 1. The summed E-state index contributed by atoms with van der Waals surface area (Å²) in [7, 11) is 0. The van der Waals surface area contributed by atoms with Crippen LogP contribution in [0.5, 0.6) is 5.75 Å². The van der Waals surface area contributed by atoms with Crippen molar-refractivity contribution in [2.24, 2.45) is 0 Å². The number of ether oxygens (including phenoxy) is 1. The van der Waals surface area contributed by atoms with Gasteiger partial charge in [-0.2, -0.15) is 5.26 Å². The van der Waals surface area contributed by atoms with E-state index < -0.39 is 5.91 Å². The van der Waals surface area contributed by atoms with E-state index in [2.05, 4.69) is 5.32 Å². The molecule has 1 amide bonds. The second-order valence-electron chi connectivity index (χ2n) is 5.02. The van der Waals surface area contributed by atoms with Gasteiger partial charge in [-0.25, -0.2) is 0 Å². The van der Waals surface area contributed by atoms with Crippen LogP contribution in [0.4, 0.5) is 5.69 Å². The molecule has 4 nitrogen and oxygen atoms in total. The van der Waals surface area contributed by atoms with Crippen molar-refractivity contribution in [3.05, 3.63) is 64.7 Å². The van der Waals surface area contributed by atoms with E-state index in [1.807, 2.05) is 25.1 Å². The molecule has 0 aliphatic heterocycles. The highest BCUT2D eigenvalue weighted by Crippen LogP contribution is 2.21. The maximum absolute atomic E-state index is 12.2. The van der Waals surface area contributed by atoms with Crippen LogP contribution in [0.1, 0.15) is 18.9 Å². The largest absolute Gasteiger partial charge is 0.494 e. The second-order valence-corrected chi connectivity index (χ2v) is 5.43. The van der Waals surface area contributed by atoms with Crippen molar-refractivity contribution in [3.8, 4) is 11.8 Å². The molecule has 0 aromatic heterocycles. The van der Waals surface area contributed by atoms with E-state index in [4.69, 9.17) is 16.3 Å². The minimum Gasteiger partial charge on any atom is -0.494 e. The highest BCUT2D eigenvalue weighted by molar-refractivity contribution is 6.34. The smallest absolute Gasteiger partial charge is 0.266 e. The summed E-state index contributed by atoms with van der Waals surface area (Å²) in [6, 6.07) is 16.0. The SMILES string of the molecule is CCCOc1ccc(/C=C(\C#N)C(=O)Nc2ccccc2Cl)cc1. The Kier molecular flexibility index (Phi) is 6.41. The summed E-state index contributed by atoms with van der Waals surface area (Å²) in [4.78, 5) is 12.2. The van der Waals surface area contributed by atoms with Crippen LogP contribution in [-0.4, -0.2) is 12.5 Å². The number of benzene rings is 2. The van der Waals surface area contributed by atoms with Gasteiger partial charge < -0.3 is 10.1 Å². The molecule has 0 unspecified atom stereocenters. The lowest BCUT2D eigenvalue weighted by Gasteiger charge is -2.06. The molecule has 0 aliphatic rings. The van der Waals surface area contributed by atoms with Gasteiger partial charge in [0.05, 0.1) is 17.3 Å². The standard InChI is InChI=1S/C19H17ClN2O2/c1-2-11-24-16-9-7-14(8-10-16)12-15(13-21)19(23)22-18-6-4-3-5-17(18)20/h3-10,12H,2,11H2,1H3,(H,22,23)/b15-12+. The van der Waals surface area contributed by atoms with E-state index in [9.17, 15) is 10.1 Å². The number of amides is 1. The molecule has 0 heterocycles. The first-order valence-electron chi connectivity index (χ1n) is 7.54. The molecule has 5 heteroatoms. The lowest BCUT2D eigenvalue weighted by molar-refractivity contribution is -0.112. The Hall–Kier alpha value is -2.77. The van der Waals surface area contributed by atoms with Crippen molar-refractivity contribution >= 4 is 29.3 Å². The van der Waals surface area contributed by atoms with Gasteiger partial charge in [0.2, 0.25) is 0 Å². The number of nitriles is 1. The molecular weight excluding hydrogens is 324 g/mol. The van der Waals surface area contributed by atoms with E-state index in [1.165, 1.54) is 6.08 Å². The molecule has 122 valence electrons. The quantitative estimate of drug-likeness (QED) is 0.613. The fraction of sp³-hybridized carbons (Fsp3) is 0.158. The number of halogens is 1. The molecule has 0 radical (unpaired) electrons. The molecule has 0 saturated heterocycles. The van der Waals surface area contributed by atoms with Crippen LogP contribution in [0.3, 0.4) is 0 Å². The molecule has 2 rings (SSSR count). The fourth-order valence-electron chi connectivity index (χ4n) is 1.95. The fourth-order valence-corrected chi connectivity index (χ4v) is 2.13. The average Bonchev–Trinajstić information content (AvgIpc) is 2.60. The Labute approximate surface area is 146 Å². The molecule has 0 atom stereocenters. The number of nitrogens with one attached hydrogen (secondary N) is 1. The van der Waals surface area contributed by atoms with Crippen molar-refractivity contribution in [1.82, 2.24) is 0 Å². The summed E-state index contributed by atoms with van der Waals surface area (Å²) >= 11 is 6.00. The molecule has 0 fully saturated rings. The Morgan fingerprint density at radius 3 is 2.58 bits per heavy atom. The summed E-state index contributed by atoms with van der Waals surface area (Å²) in [5.74, 6) is 0.255. The van der Waals surface area contributed by atoms with Gasteiger partial charge in [-0.05, 0) is 42.3 Å². The maximum atomic E-state index is 12.2. The zero-order chi connectivity index (χ0) is 17.4. The minimum absolute atomic E-state index is 0.00264. The number of nitrogens with zero attached hydrogens (tertiary/aromatic N) is 1. The van der Waals surface area contributed by atoms with Crippen molar-refractivity contribution in [2.75, 3.05) is 11.9 Å². The van der Waals surface area contributed by atoms with E-state index in [1.54, 1.807) is 36.4 Å². The van der Waals surface area contributed by atoms with Crippen LogP contribution in [0.25, 0.3) is 6.08 Å². The Bertz CT molecular complexity index is 777. The van der Waals surface area contributed by atoms with Gasteiger partial charge in [0, 0.05) is 0 Å². The summed E-state index contributed by atoms with van der Waals surface area (Å²) in [5, 5.41) is 12.3. The summed E-state index contributed by atoms with van der Waals surface area (Å²) in [6.07, 6.45) is 2.46. The normalized spacial score (nSPS) is 10.8. The van der Waals surface area contributed by atoms with Crippen LogP contribution >= 0.6 is 11.6 Å². The first-order chi connectivity index (χ1) is 11.6. The van der Waals surface area contributed by atoms with Gasteiger partial charge in [0.1, 0.15) is 17.4 Å². The van der Waals surface area contributed by atoms with E-state index in [0.29, 0.717) is 17.3 Å². The summed E-state index contributed by atoms with van der Waals surface area (Å²) in [6.45, 7) is 2.69. The van der Waals surface area contributed by atoms with Crippen LogP contribution < -0.4 is 10.1 Å². The lowest BCUT2D eigenvalue weighted by atomic mass is 10.1. The Morgan fingerprint density at radius 1 is 1.25 bits per heavy atom. The molecule has 0 bridgehead atoms. The minimum atomic E-state index is -0.503. The van der Waals surface area contributed by atoms with Gasteiger partial charge in [-0.3, -0.25) is 4.79 Å². The number of hydrogen-bond donors (Lipinski definition) is 1. The zero-order valence-electron chi connectivity index (χ0n) is 13.3. The van der Waals surface area contributed by atoms with Crippen LogP contribution in [0.15, 0.2) is 54.1 Å². The van der Waals surface area contributed by atoms with Crippen molar-refractivity contribution < 1.29 is 9.53 Å². The lowest BCUT2D eigenvalue weighted by Crippen LogP contribution is -2.13. The molecule has 0 spiro atoms. The van der Waals surface area contributed by atoms with Crippen molar-refractivity contribution in [1.29, 1.82) is 5.26 Å². The molecule has 0 saturated carbocycles. The van der Waals surface area contributed by atoms with Crippen molar-refractivity contribution in [2.45, 2.75) is 13.3 Å². The molecule has 0 aliphatic carbocycles. The molecule has 24 heavy (non-hydrogen) atoms. The van der Waals surface area contributed by atoms with Gasteiger partial charge in [0.25, 0.3) is 5.91 Å². The second kappa shape index (κ2) is 8.76. The van der Waals surface area contributed by atoms with Crippen LogP contribution in [-0.2, 0) is 4.79 Å². The van der Waals surface area contributed by atoms with Crippen molar-refractivity contribution in [3.63, 3.8) is 0 Å². The van der Waals surface area contributed by atoms with Crippen LogP contribution in [0.2, 0.25) is 5.02 Å². The molecular formula is C19H17ClN2O2. The predicted molar refractivity (Wildman–Crippen MR) is 95.9 cm³/mol. The average molecular weight is 341 g/mol. The maximum Gasteiger partial charge on any atom is 0.266 e. The first-order valence-corrected chi connectivity index (χ1v) is 7.92. The highest BCUT2D eigenvalue weighted by Gasteiger charge is 2.11. The zero-order valence-corrected chi connectivity index (χ0v) is 14.0. The van der Waals surface area contributed by atoms with Gasteiger partial charge >= 0.3 is 0 Å².